The fraction of sp³-hybridized carbons (Fsp3) is 0.100. The third-order valence-corrected chi connectivity index (χ3v) is 2.05. The molecule has 2 rings (SSSR count). The summed E-state index contributed by atoms with van der Waals surface area (Å²) in [7, 11) is 1.40. The van der Waals surface area contributed by atoms with E-state index in [9.17, 15) is 4.39 Å². The van der Waals surface area contributed by atoms with E-state index < -0.39 is 5.82 Å². The van der Waals surface area contributed by atoms with Crippen molar-refractivity contribution in [3.8, 4) is 11.4 Å². The van der Waals surface area contributed by atoms with E-state index in [0.29, 0.717) is 11.4 Å². The molecule has 1 heterocycles. The van der Waals surface area contributed by atoms with Gasteiger partial charge in [0.25, 0.3) is 0 Å². The molecule has 5 heteroatoms. The third-order valence-electron chi connectivity index (χ3n) is 2.05. The SMILES string of the molecule is COc1cc(-n2cccn2)c(N)cc1F. The summed E-state index contributed by atoms with van der Waals surface area (Å²) in [6.07, 6.45) is 3.35. The molecule has 0 aliphatic rings. The minimum atomic E-state index is -0.481. The lowest BCUT2D eigenvalue weighted by Crippen LogP contribution is -2.02. The van der Waals surface area contributed by atoms with Gasteiger partial charge >= 0.3 is 0 Å². The topological polar surface area (TPSA) is 53.1 Å². The molecule has 15 heavy (non-hydrogen) atoms. The number of aromatic nitrogens is 2. The first-order chi connectivity index (χ1) is 7.22. The smallest absolute Gasteiger partial charge is 0.167 e. The number of benzene rings is 1. The molecule has 0 unspecified atom stereocenters. The molecule has 0 saturated carbocycles. The number of methoxy groups -OCH3 is 1. The fourth-order valence-corrected chi connectivity index (χ4v) is 1.32. The molecule has 0 fully saturated rings. The van der Waals surface area contributed by atoms with Crippen molar-refractivity contribution >= 4 is 5.69 Å². The Kier molecular flexibility index (Phi) is 2.29. The Morgan fingerprint density at radius 1 is 1.47 bits per heavy atom. The van der Waals surface area contributed by atoms with Crippen molar-refractivity contribution in [1.82, 2.24) is 9.78 Å². The van der Waals surface area contributed by atoms with Crippen molar-refractivity contribution in [2.24, 2.45) is 0 Å². The minimum absolute atomic E-state index is 0.148. The molecule has 0 atom stereocenters. The highest BCUT2D eigenvalue weighted by Crippen LogP contribution is 2.26. The lowest BCUT2D eigenvalue weighted by atomic mass is 10.2. The average molecular weight is 207 g/mol. The Balaban J connectivity index is 2.57. The molecule has 1 aromatic heterocycles. The molecule has 4 nitrogen and oxygen atoms in total. The van der Waals surface area contributed by atoms with Gasteiger partial charge in [-0.1, -0.05) is 0 Å². The zero-order chi connectivity index (χ0) is 10.8. The standard InChI is InChI=1S/C10H10FN3O/c1-15-10-6-9(8(12)5-7(10)11)14-4-2-3-13-14/h2-6H,12H2,1H3. The van der Waals surface area contributed by atoms with Crippen molar-refractivity contribution in [2.45, 2.75) is 0 Å². The van der Waals surface area contributed by atoms with E-state index in [2.05, 4.69) is 5.10 Å². The van der Waals surface area contributed by atoms with Crippen LogP contribution in [0.4, 0.5) is 10.1 Å². The number of rotatable bonds is 2. The van der Waals surface area contributed by atoms with Crippen LogP contribution >= 0.6 is 0 Å². The summed E-state index contributed by atoms with van der Waals surface area (Å²) in [6, 6.07) is 4.49. The zero-order valence-electron chi connectivity index (χ0n) is 8.14. The second-order valence-corrected chi connectivity index (χ2v) is 3.00. The van der Waals surface area contributed by atoms with Gasteiger partial charge in [-0.2, -0.15) is 5.10 Å². The Morgan fingerprint density at radius 3 is 2.87 bits per heavy atom. The maximum Gasteiger partial charge on any atom is 0.167 e. The lowest BCUT2D eigenvalue weighted by Gasteiger charge is -2.08. The predicted molar refractivity (Wildman–Crippen MR) is 54.5 cm³/mol. The van der Waals surface area contributed by atoms with Gasteiger partial charge in [-0.05, 0) is 6.07 Å². The van der Waals surface area contributed by atoms with Gasteiger partial charge in [-0.25, -0.2) is 9.07 Å². The van der Waals surface area contributed by atoms with Crippen LogP contribution in [0.3, 0.4) is 0 Å². The maximum absolute atomic E-state index is 13.2. The second-order valence-electron chi connectivity index (χ2n) is 3.00. The summed E-state index contributed by atoms with van der Waals surface area (Å²) in [6.45, 7) is 0. The summed E-state index contributed by atoms with van der Waals surface area (Å²) in [5, 5.41) is 4.01. The molecule has 0 bridgehead atoms. The Hall–Kier alpha value is -2.04. The number of anilines is 1. The molecule has 2 N–H and O–H groups in total. The van der Waals surface area contributed by atoms with Crippen molar-refractivity contribution in [1.29, 1.82) is 0 Å². The van der Waals surface area contributed by atoms with E-state index >= 15 is 0 Å². The first-order valence-corrected chi connectivity index (χ1v) is 4.35. The number of ether oxygens (including phenoxy) is 1. The fourth-order valence-electron chi connectivity index (χ4n) is 1.32. The third kappa shape index (κ3) is 1.63. The van der Waals surface area contributed by atoms with Crippen LogP contribution in [0.5, 0.6) is 5.75 Å². The van der Waals surface area contributed by atoms with Crippen LogP contribution in [0.25, 0.3) is 5.69 Å². The van der Waals surface area contributed by atoms with E-state index in [4.69, 9.17) is 10.5 Å². The summed E-state index contributed by atoms with van der Waals surface area (Å²) in [4.78, 5) is 0. The van der Waals surface area contributed by atoms with Crippen LogP contribution in [0.2, 0.25) is 0 Å². The maximum atomic E-state index is 13.2. The Bertz CT molecular complexity index is 468. The molecule has 0 radical (unpaired) electrons. The molecule has 0 aliphatic carbocycles. The van der Waals surface area contributed by atoms with Crippen LogP contribution in [-0.2, 0) is 0 Å². The monoisotopic (exact) mass is 207 g/mol. The number of nitrogens with two attached hydrogens (primary N) is 1. The first-order valence-electron chi connectivity index (χ1n) is 4.35. The van der Waals surface area contributed by atoms with Crippen LogP contribution in [0.1, 0.15) is 0 Å². The van der Waals surface area contributed by atoms with Gasteiger partial charge < -0.3 is 10.5 Å². The average Bonchev–Trinajstić information content (AvgIpc) is 2.71. The highest BCUT2D eigenvalue weighted by atomic mass is 19.1. The predicted octanol–water partition coefficient (Wildman–Crippen LogP) is 1.60. The minimum Gasteiger partial charge on any atom is -0.494 e. The summed E-state index contributed by atoms with van der Waals surface area (Å²) in [5.74, 6) is -0.333. The summed E-state index contributed by atoms with van der Waals surface area (Å²) < 4.78 is 19.7. The van der Waals surface area contributed by atoms with Gasteiger partial charge in [-0.3, -0.25) is 0 Å². The molecular formula is C10H10FN3O. The highest BCUT2D eigenvalue weighted by Gasteiger charge is 2.09. The van der Waals surface area contributed by atoms with Crippen LogP contribution < -0.4 is 10.5 Å². The van der Waals surface area contributed by atoms with Crippen molar-refractivity contribution in [2.75, 3.05) is 12.8 Å². The number of nitrogens with zero attached hydrogens (tertiary/aromatic N) is 2. The van der Waals surface area contributed by atoms with Gasteiger partial charge in [0, 0.05) is 24.5 Å². The molecule has 1 aromatic carbocycles. The van der Waals surface area contributed by atoms with Crippen molar-refractivity contribution in [3.63, 3.8) is 0 Å². The largest absolute Gasteiger partial charge is 0.494 e. The number of hydrogen-bond donors (Lipinski definition) is 1. The normalized spacial score (nSPS) is 10.3. The number of nitrogen functional groups attached to an aromatic ring is 1. The van der Waals surface area contributed by atoms with E-state index in [1.54, 1.807) is 23.1 Å². The van der Waals surface area contributed by atoms with Gasteiger partial charge in [-0.15, -0.1) is 0 Å². The molecule has 78 valence electrons. The van der Waals surface area contributed by atoms with Crippen molar-refractivity contribution < 1.29 is 9.13 Å². The Labute approximate surface area is 86.1 Å². The van der Waals surface area contributed by atoms with Crippen LogP contribution in [0.15, 0.2) is 30.6 Å². The molecule has 0 aliphatic heterocycles. The highest BCUT2D eigenvalue weighted by molar-refractivity contribution is 5.60. The molecule has 0 amide bonds. The summed E-state index contributed by atoms with van der Waals surface area (Å²) in [5.41, 5.74) is 6.59. The lowest BCUT2D eigenvalue weighted by molar-refractivity contribution is 0.386. The molecule has 2 aromatic rings. The summed E-state index contributed by atoms with van der Waals surface area (Å²) >= 11 is 0. The molecule has 0 spiro atoms. The molecular weight excluding hydrogens is 197 g/mol. The molecule has 0 saturated heterocycles. The van der Waals surface area contributed by atoms with Gasteiger partial charge in [0.15, 0.2) is 11.6 Å². The number of hydrogen-bond acceptors (Lipinski definition) is 3. The second kappa shape index (κ2) is 3.61. The van der Waals surface area contributed by atoms with Crippen molar-refractivity contribution in [3.05, 3.63) is 36.4 Å². The van der Waals surface area contributed by atoms with Gasteiger partial charge in [0.2, 0.25) is 0 Å². The first kappa shape index (κ1) is 9.51. The number of halogens is 1. The van der Waals surface area contributed by atoms with Gasteiger partial charge in [0.1, 0.15) is 0 Å². The van der Waals surface area contributed by atoms with Crippen LogP contribution in [-0.4, -0.2) is 16.9 Å². The van der Waals surface area contributed by atoms with E-state index in [1.165, 1.54) is 19.2 Å². The van der Waals surface area contributed by atoms with Gasteiger partial charge in [0.05, 0.1) is 18.5 Å². The van der Waals surface area contributed by atoms with E-state index in [0.717, 1.165) is 0 Å². The van der Waals surface area contributed by atoms with Crippen LogP contribution in [0, 0.1) is 5.82 Å². The quantitative estimate of drug-likeness (QED) is 0.761. The Morgan fingerprint density at radius 2 is 2.27 bits per heavy atom. The van der Waals surface area contributed by atoms with E-state index in [1.807, 2.05) is 0 Å². The van der Waals surface area contributed by atoms with E-state index in [-0.39, 0.29) is 5.75 Å². The zero-order valence-corrected chi connectivity index (χ0v) is 8.14.